The number of amides is 1. The van der Waals surface area contributed by atoms with Crippen molar-refractivity contribution >= 4 is 38.3 Å². The van der Waals surface area contributed by atoms with Crippen LogP contribution in [-0.2, 0) is 17.6 Å². The van der Waals surface area contributed by atoms with E-state index in [1.54, 1.807) is 11.3 Å². The summed E-state index contributed by atoms with van der Waals surface area (Å²) in [6.45, 7) is 3.94. The number of rotatable bonds is 4. The van der Waals surface area contributed by atoms with E-state index in [1.165, 1.54) is 17.7 Å². The van der Waals surface area contributed by atoms with Crippen LogP contribution in [0.4, 0.5) is 5.13 Å². The molecule has 1 N–H and O–H groups in total. The fourth-order valence-electron chi connectivity index (χ4n) is 2.82. The molecule has 1 amide bonds. The summed E-state index contributed by atoms with van der Waals surface area (Å²) in [7, 11) is 0. The van der Waals surface area contributed by atoms with Crippen LogP contribution in [-0.4, -0.2) is 17.5 Å². The highest BCUT2D eigenvalue weighted by molar-refractivity contribution is 9.10. The molecule has 122 valence electrons. The molecule has 2 aromatic rings. The van der Waals surface area contributed by atoms with Crippen LogP contribution < -0.4 is 10.1 Å². The monoisotopic (exact) mass is 394 g/mol. The lowest BCUT2D eigenvalue weighted by Crippen LogP contribution is -2.20. The number of ether oxygens (including phenoxy) is 1. The second-order valence-corrected chi connectivity index (χ2v) is 7.80. The Hall–Kier alpha value is -1.40. The lowest BCUT2D eigenvalue weighted by atomic mass is 10.0. The third kappa shape index (κ3) is 3.93. The number of hydrogen-bond acceptors (Lipinski definition) is 4. The van der Waals surface area contributed by atoms with E-state index in [9.17, 15) is 4.79 Å². The maximum absolute atomic E-state index is 12.1. The summed E-state index contributed by atoms with van der Waals surface area (Å²) in [5, 5.41) is 3.54. The van der Waals surface area contributed by atoms with Gasteiger partial charge in [-0.3, -0.25) is 10.1 Å². The molecular formula is C17H19BrN2O2S. The molecule has 1 aromatic heterocycles. The average molecular weight is 395 g/mol. The number of benzene rings is 1. The molecule has 1 aliphatic rings. The number of aryl methyl sites for hydroxylation is 4. The van der Waals surface area contributed by atoms with Gasteiger partial charge < -0.3 is 4.74 Å². The molecule has 0 saturated carbocycles. The van der Waals surface area contributed by atoms with E-state index in [4.69, 9.17) is 4.74 Å². The van der Waals surface area contributed by atoms with E-state index in [0.29, 0.717) is 5.13 Å². The minimum Gasteiger partial charge on any atom is -0.483 e. The zero-order chi connectivity index (χ0) is 16.4. The number of thiazole rings is 1. The molecule has 0 radical (unpaired) electrons. The van der Waals surface area contributed by atoms with E-state index >= 15 is 0 Å². The van der Waals surface area contributed by atoms with Gasteiger partial charge in [0.1, 0.15) is 5.75 Å². The second-order valence-electron chi connectivity index (χ2n) is 5.80. The first-order valence-electron chi connectivity index (χ1n) is 7.71. The third-order valence-corrected chi connectivity index (χ3v) is 5.40. The molecule has 0 aliphatic heterocycles. The molecule has 0 saturated heterocycles. The van der Waals surface area contributed by atoms with Crippen LogP contribution in [0, 0.1) is 13.8 Å². The summed E-state index contributed by atoms with van der Waals surface area (Å²) in [5.41, 5.74) is 3.17. The molecule has 1 aliphatic carbocycles. The zero-order valence-electron chi connectivity index (χ0n) is 13.2. The highest BCUT2D eigenvalue weighted by atomic mass is 79.9. The quantitative estimate of drug-likeness (QED) is 0.834. The molecule has 0 bridgehead atoms. The van der Waals surface area contributed by atoms with Crippen LogP contribution in [0.15, 0.2) is 16.6 Å². The predicted octanol–water partition coefficient (Wildman–Crippen LogP) is 4.42. The van der Waals surface area contributed by atoms with Crippen LogP contribution in [0.25, 0.3) is 0 Å². The molecule has 0 atom stereocenters. The molecular weight excluding hydrogens is 376 g/mol. The molecule has 3 rings (SSSR count). The number of fused-ring (bicyclic) bond motifs is 1. The van der Waals surface area contributed by atoms with Crippen molar-refractivity contribution in [2.45, 2.75) is 39.5 Å². The van der Waals surface area contributed by atoms with Gasteiger partial charge in [-0.15, -0.1) is 11.3 Å². The Bertz CT molecular complexity index is 696. The molecule has 0 unspecified atom stereocenters. The van der Waals surface area contributed by atoms with Crippen molar-refractivity contribution in [3.8, 4) is 5.75 Å². The third-order valence-electron chi connectivity index (χ3n) is 3.86. The van der Waals surface area contributed by atoms with Crippen molar-refractivity contribution in [2.24, 2.45) is 0 Å². The first kappa shape index (κ1) is 16.5. The highest BCUT2D eigenvalue weighted by Gasteiger charge is 2.16. The molecule has 23 heavy (non-hydrogen) atoms. The molecule has 0 fully saturated rings. The Kier molecular flexibility index (Phi) is 5.02. The lowest BCUT2D eigenvalue weighted by molar-refractivity contribution is -0.118. The first-order chi connectivity index (χ1) is 11.0. The maximum Gasteiger partial charge on any atom is 0.264 e. The van der Waals surface area contributed by atoms with Gasteiger partial charge in [0.2, 0.25) is 0 Å². The van der Waals surface area contributed by atoms with E-state index in [2.05, 4.69) is 26.2 Å². The van der Waals surface area contributed by atoms with Crippen LogP contribution in [0.3, 0.4) is 0 Å². The fraction of sp³-hybridized carbons (Fsp3) is 0.412. The van der Waals surface area contributed by atoms with Crippen LogP contribution in [0.5, 0.6) is 5.75 Å². The van der Waals surface area contributed by atoms with Gasteiger partial charge in [-0.05, 0) is 62.8 Å². The van der Waals surface area contributed by atoms with E-state index in [-0.39, 0.29) is 12.5 Å². The number of aromatic nitrogens is 1. The number of halogens is 1. The van der Waals surface area contributed by atoms with Crippen LogP contribution in [0.1, 0.15) is 34.5 Å². The first-order valence-corrected chi connectivity index (χ1v) is 9.32. The fourth-order valence-corrected chi connectivity index (χ4v) is 4.58. The van der Waals surface area contributed by atoms with Gasteiger partial charge in [-0.1, -0.05) is 15.9 Å². The van der Waals surface area contributed by atoms with Gasteiger partial charge >= 0.3 is 0 Å². The summed E-state index contributed by atoms with van der Waals surface area (Å²) >= 11 is 5.05. The van der Waals surface area contributed by atoms with Gasteiger partial charge in [-0.25, -0.2) is 4.98 Å². The molecule has 0 spiro atoms. The number of hydrogen-bond donors (Lipinski definition) is 1. The summed E-state index contributed by atoms with van der Waals surface area (Å²) in [4.78, 5) is 17.9. The highest BCUT2D eigenvalue weighted by Crippen LogP contribution is 2.30. The summed E-state index contributed by atoms with van der Waals surface area (Å²) < 4.78 is 6.71. The van der Waals surface area contributed by atoms with E-state index in [0.717, 1.165) is 39.9 Å². The smallest absolute Gasteiger partial charge is 0.264 e. The number of nitrogens with one attached hydrogen (secondary N) is 1. The van der Waals surface area contributed by atoms with Gasteiger partial charge in [0.05, 0.1) is 5.69 Å². The number of carbonyl (C=O) groups is 1. The number of carbonyl (C=O) groups excluding carboxylic acids is 1. The minimum absolute atomic E-state index is 0.00639. The molecule has 1 aromatic carbocycles. The average Bonchev–Trinajstić information content (AvgIpc) is 2.88. The van der Waals surface area contributed by atoms with Gasteiger partial charge in [0, 0.05) is 9.35 Å². The molecule has 1 heterocycles. The summed E-state index contributed by atoms with van der Waals surface area (Å²) in [5.74, 6) is 0.597. The lowest BCUT2D eigenvalue weighted by Gasteiger charge is -2.12. The van der Waals surface area contributed by atoms with E-state index in [1.807, 2.05) is 26.0 Å². The van der Waals surface area contributed by atoms with Crippen molar-refractivity contribution in [3.05, 3.63) is 38.3 Å². The van der Waals surface area contributed by atoms with E-state index < -0.39 is 0 Å². The van der Waals surface area contributed by atoms with Crippen LogP contribution >= 0.6 is 27.3 Å². The van der Waals surface area contributed by atoms with Crippen molar-refractivity contribution in [3.63, 3.8) is 0 Å². The Morgan fingerprint density at radius 1 is 1.30 bits per heavy atom. The Balaban J connectivity index is 1.61. The largest absolute Gasteiger partial charge is 0.483 e. The second kappa shape index (κ2) is 7.01. The standard InChI is InChI=1S/C17H19BrN2O2S/c1-10-7-12(18)8-11(2)16(10)22-9-15(21)20-17-19-13-5-3-4-6-14(13)23-17/h7-8H,3-6,9H2,1-2H3,(H,19,20,21). The van der Waals surface area contributed by atoms with Gasteiger partial charge in [-0.2, -0.15) is 0 Å². The van der Waals surface area contributed by atoms with Crippen molar-refractivity contribution < 1.29 is 9.53 Å². The van der Waals surface area contributed by atoms with Crippen molar-refractivity contribution in [1.29, 1.82) is 0 Å². The normalized spacial score (nSPS) is 13.5. The Morgan fingerprint density at radius 2 is 2.00 bits per heavy atom. The topological polar surface area (TPSA) is 51.2 Å². The summed E-state index contributed by atoms with van der Waals surface area (Å²) in [6, 6.07) is 3.96. The number of nitrogens with zero attached hydrogens (tertiary/aromatic N) is 1. The number of anilines is 1. The molecule has 4 nitrogen and oxygen atoms in total. The summed E-state index contributed by atoms with van der Waals surface area (Å²) in [6.07, 6.45) is 4.51. The van der Waals surface area contributed by atoms with Crippen molar-refractivity contribution in [1.82, 2.24) is 4.98 Å². The zero-order valence-corrected chi connectivity index (χ0v) is 15.6. The molecule has 6 heteroatoms. The van der Waals surface area contributed by atoms with Crippen molar-refractivity contribution in [2.75, 3.05) is 11.9 Å². The maximum atomic E-state index is 12.1. The Morgan fingerprint density at radius 3 is 2.70 bits per heavy atom. The Labute approximate surface area is 148 Å². The SMILES string of the molecule is Cc1cc(Br)cc(C)c1OCC(=O)Nc1nc2c(s1)CCCC2. The predicted molar refractivity (Wildman–Crippen MR) is 96.5 cm³/mol. The van der Waals surface area contributed by atoms with Gasteiger partial charge in [0.15, 0.2) is 11.7 Å². The van der Waals surface area contributed by atoms with Crippen LogP contribution in [0.2, 0.25) is 0 Å². The minimum atomic E-state index is -0.169. The van der Waals surface area contributed by atoms with Gasteiger partial charge in [0.25, 0.3) is 5.91 Å².